The van der Waals surface area contributed by atoms with E-state index in [9.17, 15) is 9.59 Å². The van der Waals surface area contributed by atoms with Crippen molar-refractivity contribution in [3.63, 3.8) is 0 Å². The standard InChI is InChI=1S/C9H9ClO.C8H7NO2/c10-9(11)7-6-8-4-2-1-3-5-8;9-6-2-1-5-4-11-8(10)7(5)3-6/h1-5H,6-7H2;1-3H,4,9H2. The van der Waals surface area contributed by atoms with Crippen LogP contribution in [0.15, 0.2) is 48.5 Å². The molecule has 2 aromatic carbocycles. The summed E-state index contributed by atoms with van der Waals surface area (Å²) in [5.74, 6) is -0.271. The number of halogens is 1. The van der Waals surface area contributed by atoms with E-state index in [0.29, 0.717) is 24.3 Å². The fraction of sp³-hybridized carbons (Fsp3) is 0.176. The monoisotopic (exact) mass is 317 g/mol. The number of esters is 1. The van der Waals surface area contributed by atoms with E-state index in [1.54, 1.807) is 12.1 Å². The molecule has 0 saturated heterocycles. The molecule has 0 amide bonds. The molecule has 2 N–H and O–H groups in total. The number of aryl methyl sites for hydroxylation is 1. The maximum absolute atomic E-state index is 10.9. The highest BCUT2D eigenvalue weighted by atomic mass is 35.5. The van der Waals surface area contributed by atoms with Crippen LogP contribution in [-0.4, -0.2) is 11.2 Å². The Morgan fingerprint density at radius 2 is 1.91 bits per heavy atom. The smallest absolute Gasteiger partial charge is 0.338 e. The lowest BCUT2D eigenvalue weighted by Gasteiger charge is -1.95. The molecular weight excluding hydrogens is 302 g/mol. The van der Waals surface area contributed by atoms with Gasteiger partial charge in [0, 0.05) is 17.7 Å². The van der Waals surface area contributed by atoms with E-state index in [0.717, 1.165) is 17.5 Å². The molecule has 114 valence electrons. The Balaban J connectivity index is 0.000000160. The van der Waals surface area contributed by atoms with E-state index in [4.69, 9.17) is 22.1 Å². The fourth-order valence-electron chi connectivity index (χ4n) is 2.02. The van der Waals surface area contributed by atoms with Gasteiger partial charge in [0.2, 0.25) is 5.24 Å². The Morgan fingerprint density at radius 3 is 2.59 bits per heavy atom. The number of carbonyl (C=O) groups is 2. The summed E-state index contributed by atoms with van der Waals surface area (Å²) in [4.78, 5) is 21.3. The third-order valence-electron chi connectivity index (χ3n) is 3.17. The number of benzene rings is 2. The third-order valence-corrected chi connectivity index (χ3v) is 3.35. The molecule has 1 aliphatic heterocycles. The van der Waals surface area contributed by atoms with Gasteiger partial charge in [0.15, 0.2) is 0 Å². The van der Waals surface area contributed by atoms with Gasteiger partial charge < -0.3 is 10.5 Å². The Bertz CT molecular complexity index is 671. The number of rotatable bonds is 3. The van der Waals surface area contributed by atoms with Crippen LogP contribution in [0.5, 0.6) is 0 Å². The van der Waals surface area contributed by atoms with Crippen molar-refractivity contribution in [2.45, 2.75) is 19.4 Å². The normalized spacial score (nSPS) is 12.0. The van der Waals surface area contributed by atoms with E-state index < -0.39 is 0 Å². The van der Waals surface area contributed by atoms with Crippen molar-refractivity contribution < 1.29 is 14.3 Å². The first-order valence-corrected chi connectivity index (χ1v) is 7.22. The molecule has 0 aliphatic carbocycles. The summed E-state index contributed by atoms with van der Waals surface area (Å²) in [6.45, 7) is 0.383. The number of hydrogen-bond donors (Lipinski definition) is 1. The third kappa shape index (κ3) is 4.60. The van der Waals surface area contributed by atoms with Crippen molar-refractivity contribution in [2.24, 2.45) is 0 Å². The molecule has 0 saturated carbocycles. The molecule has 0 atom stereocenters. The first-order valence-electron chi connectivity index (χ1n) is 6.84. The number of anilines is 1. The van der Waals surface area contributed by atoms with Crippen LogP contribution in [0.1, 0.15) is 27.9 Å². The van der Waals surface area contributed by atoms with Crippen LogP contribution < -0.4 is 5.73 Å². The molecule has 0 bridgehead atoms. The summed E-state index contributed by atoms with van der Waals surface area (Å²) < 4.78 is 4.78. The zero-order chi connectivity index (χ0) is 15.9. The molecule has 22 heavy (non-hydrogen) atoms. The van der Waals surface area contributed by atoms with Crippen molar-refractivity contribution in [3.05, 3.63) is 65.2 Å². The summed E-state index contributed by atoms with van der Waals surface area (Å²) >= 11 is 5.19. The average molecular weight is 318 g/mol. The lowest BCUT2D eigenvalue weighted by molar-refractivity contribution is -0.111. The summed E-state index contributed by atoms with van der Waals surface area (Å²) in [7, 11) is 0. The van der Waals surface area contributed by atoms with Gasteiger partial charge in [-0.15, -0.1) is 0 Å². The van der Waals surface area contributed by atoms with Gasteiger partial charge in [-0.25, -0.2) is 4.79 Å². The molecule has 3 rings (SSSR count). The highest BCUT2D eigenvalue weighted by molar-refractivity contribution is 6.63. The molecule has 0 fully saturated rings. The van der Waals surface area contributed by atoms with E-state index in [1.807, 2.05) is 36.4 Å². The second kappa shape index (κ2) is 7.61. The largest absolute Gasteiger partial charge is 0.457 e. The number of fused-ring (bicyclic) bond motifs is 1. The predicted octanol–water partition coefficient (Wildman–Crippen LogP) is 3.32. The van der Waals surface area contributed by atoms with Crippen molar-refractivity contribution >= 4 is 28.5 Å². The molecular formula is C17H16ClNO3. The molecule has 0 unspecified atom stereocenters. The number of carbonyl (C=O) groups excluding carboxylic acids is 2. The first-order chi connectivity index (χ1) is 10.6. The summed E-state index contributed by atoms with van der Waals surface area (Å²) in [6, 6.07) is 15.1. The van der Waals surface area contributed by atoms with Gasteiger partial charge in [-0.1, -0.05) is 36.4 Å². The lowest BCUT2D eigenvalue weighted by atomic mass is 10.1. The van der Waals surface area contributed by atoms with Crippen molar-refractivity contribution in [2.75, 3.05) is 5.73 Å². The summed E-state index contributed by atoms with van der Waals surface area (Å²) in [5, 5.41) is -0.270. The zero-order valence-electron chi connectivity index (χ0n) is 11.9. The highest BCUT2D eigenvalue weighted by Gasteiger charge is 2.20. The number of cyclic esters (lactones) is 1. The number of ether oxygens (including phenoxy) is 1. The first kappa shape index (κ1) is 16.0. The van der Waals surface area contributed by atoms with E-state index in [-0.39, 0.29) is 11.2 Å². The topological polar surface area (TPSA) is 69.4 Å². The molecule has 0 radical (unpaired) electrons. The number of nitrogens with two attached hydrogens (primary N) is 1. The van der Waals surface area contributed by atoms with Crippen LogP contribution in [0, 0.1) is 0 Å². The number of nitrogen functional groups attached to an aromatic ring is 1. The zero-order valence-corrected chi connectivity index (χ0v) is 12.7. The molecule has 2 aromatic rings. The maximum Gasteiger partial charge on any atom is 0.338 e. The Kier molecular flexibility index (Phi) is 5.55. The van der Waals surface area contributed by atoms with Crippen LogP contribution >= 0.6 is 11.6 Å². The Hall–Kier alpha value is -2.33. The van der Waals surface area contributed by atoms with E-state index >= 15 is 0 Å². The van der Waals surface area contributed by atoms with Crippen molar-refractivity contribution in [1.29, 1.82) is 0 Å². The van der Waals surface area contributed by atoms with Gasteiger partial charge in [-0.05, 0) is 35.7 Å². The molecule has 4 nitrogen and oxygen atoms in total. The van der Waals surface area contributed by atoms with Crippen LogP contribution in [-0.2, 0) is 22.6 Å². The second-order valence-electron chi connectivity index (χ2n) is 4.83. The molecule has 1 heterocycles. The van der Waals surface area contributed by atoms with Crippen LogP contribution in [0.25, 0.3) is 0 Å². The van der Waals surface area contributed by atoms with Crippen LogP contribution in [0.2, 0.25) is 0 Å². The molecule has 0 aromatic heterocycles. The van der Waals surface area contributed by atoms with E-state index in [1.165, 1.54) is 0 Å². The SMILES string of the molecule is Nc1ccc2c(c1)C(=O)OC2.O=C(Cl)CCc1ccccc1. The van der Waals surface area contributed by atoms with Gasteiger partial charge >= 0.3 is 5.97 Å². The minimum Gasteiger partial charge on any atom is -0.457 e. The van der Waals surface area contributed by atoms with Crippen molar-refractivity contribution in [1.82, 2.24) is 0 Å². The summed E-state index contributed by atoms with van der Waals surface area (Å²) in [6.07, 6.45) is 1.16. The molecule has 1 aliphatic rings. The predicted molar refractivity (Wildman–Crippen MR) is 85.6 cm³/mol. The van der Waals surface area contributed by atoms with Crippen LogP contribution in [0.4, 0.5) is 5.69 Å². The van der Waals surface area contributed by atoms with Gasteiger partial charge in [-0.2, -0.15) is 0 Å². The van der Waals surface area contributed by atoms with Gasteiger partial charge in [0.1, 0.15) is 6.61 Å². The van der Waals surface area contributed by atoms with E-state index in [2.05, 4.69) is 0 Å². The fourth-order valence-corrected chi connectivity index (χ4v) is 2.11. The minimum absolute atomic E-state index is 0.270. The van der Waals surface area contributed by atoms with Crippen molar-refractivity contribution in [3.8, 4) is 0 Å². The Morgan fingerprint density at radius 1 is 1.18 bits per heavy atom. The minimum atomic E-state index is -0.271. The van der Waals surface area contributed by atoms with Gasteiger partial charge in [0.25, 0.3) is 0 Å². The van der Waals surface area contributed by atoms with Gasteiger partial charge in [0.05, 0.1) is 5.56 Å². The average Bonchev–Trinajstić information content (AvgIpc) is 2.88. The molecule has 0 spiro atoms. The highest BCUT2D eigenvalue weighted by Crippen LogP contribution is 2.21. The Labute approximate surface area is 133 Å². The lowest BCUT2D eigenvalue weighted by Crippen LogP contribution is -1.94. The van der Waals surface area contributed by atoms with Crippen LogP contribution in [0.3, 0.4) is 0 Å². The number of hydrogen-bond acceptors (Lipinski definition) is 4. The summed E-state index contributed by atoms with van der Waals surface area (Å²) in [5.41, 5.74) is 8.76. The second-order valence-corrected chi connectivity index (χ2v) is 5.26. The maximum atomic E-state index is 10.9. The molecule has 5 heteroatoms. The quantitative estimate of drug-likeness (QED) is 0.535. The van der Waals surface area contributed by atoms with Gasteiger partial charge in [-0.3, -0.25) is 4.79 Å².